The molecule has 2 atom stereocenters. The number of nitrogens with zero attached hydrogens (tertiary/aromatic N) is 1. The lowest BCUT2D eigenvalue weighted by Gasteiger charge is -2.46. The van der Waals surface area contributed by atoms with E-state index in [0.717, 1.165) is 24.0 Å². The Morgan fingerprint density at radius 3 is 2.23 bits per heavy atom. The van der Waals surface area contributed by atoms with Crippen LogP contribution in [0.2, 0.25) is 0 Å². The zero-order chi connectivity index (χ0) is 22.5. The first-order valence-corrected chi connectivity index (χ1v) is 9.68. The third kappa shape index (κ3) is 6.65. The standard InChI is InChI=1S/C18H24F2N2O.C2HF3O2/c19-18(20)8-7-15-2-1-9-22(16(15)11-18)17(23)10-13-3-5-14(12-21)6-4-13;3-2(4,5)1(6)7/h3-6,15-16H,1-2,7-12,21H2;(H,6,7). The molecule has 5 nitrogen and oxygen atoms in total. The van der Waals surface area contributed by atoms with Crippen LogP contribution >= 0.6 is 0 Å². The van der Waals surface area contributed by atoms with E-state index in [1.807, 2.05) is 24.3 Å². The van der Waals surface area contributed by atoms with Crippen LogP contribution in [0.1, 0.15) is 43.2 Å². The lowest BCUT2D eigenvalue weighted by Crippen LogP contribution is -2.53. The van der Waals surface area contributed by atoms with Crippen molar-refractivity contribution in [2.45, 2.75) is 63.2 Å². The quantitative estimate of drug-likeness (QED) is 0.707. The van der Waals surface area contributed by atoms with Gasteiger partial charge in [-0.1, -0.05) is 24.3 Å². The minimum atomic E-state index is -5.08. The summed E-state index contributed by atoms with van der Waals surface area (Å²) in [4.78, 5) is 23.3. The summed E-state index contributed by atoms with van der Waals surface area (Å²) in [5.41, 5.74) is 7.50. The molecule has 0 aromatic heterocycles. The fraction of sp³-hybridized carbons (Fsp3) is 0.600. The van der Waals surface area contributed by atoms with Crippen LogP contribution in [0.5, 0.6) is 0 Å². The van der Waals surface area contributed by atoms with Gasteiger partial charge in [-0.3, -0.25) is 4.79 Å². The largest absolute Gasteiger partial charge is 0.490 e. The monoisotopic (exact) mass is 436 g/mol. The Bertz CT molecular complexity index is 737. The topological polar surface area (TPSA) is 83.6 Å². The Morgan fingerprint density at radius 1 is 1.13 bits per heavy atom. The zero-order valence-electron chi connectivity index (χ0n) is 16.3. The number of alkyl halides is 5. The van der Waals surface area contributed by atoms with E-state index in [1.54, 1.807) is 4.90 Å². The van der Waals surface area contributed by atoms with Crippen molar-refractivity contribution in [1.29, 1.82) is 0 Å². The molecule has 1 saturated carbocycles. The van der Waals surface area contributed by atoms with Crippen LogP contribution < -0.4 is 5.73 Å². The van der Waals surface area contributed by atoms with Gasteiger partial charge in [0.05, 0.1) is 6.42 Å². The van der Waals surface area contributed by atoms with E-state index in [9.17, 15) is 26.7 Å². The number of benzene rings is 1. The number of carbonyl (C=O) groups is 2. The summed E-state index contributed by atoms with van der Waals surface area (Å²) in [6.07, 6.45) is -2.58. The highest BCUT2D eigenvalue weighted by Crippen LogP contribution is 2.42. The number of carbonyl (C=O) groups excluding carboxylic acids is 1. The lowest BCUT2D eigenvalue weighted by atomic mass is 9.76. The third-order valence-corrected chi connectivity index (χ3v) is 5.48. The maximum absolute atomic E-state index is 13.8. The number of hydrogen-bond acceptors (Lipinski definition) is 3. The molecule has 10 heteroatoms. The third-order valence-electron chi connectivity index (χ3n) is 5.48. The van der Waals surface area contributed by atoms with Crippen molar-refractivity contribution in [2.75, 3.05) is 6.54 Å². The van der Waals surface area contributed by atoms with Gasteiger partial charge in [0.15, 0.2) is 0 Å². The van der Waals surface area contributed by atoms with Crippen LogP contribution in [0, 0.1) is 5.92 Å². The highest BCUT2D eigenvalue weighted by molar-refractivity contribution is 5.79. The van der Waals surface area contributed by atoms with Gasteiger partial charge >= 0.3 is 12.1 Å². The van der Waals surface area contributed by atoms with Gasteiger partial charge in [-0.25, -0.2) is 13.6 Å². The van der Waals surface area contributed by atoms with Crippen molar-refractivity contribution in [1.82, 2.24) is 4.90 Å². The highest BCUT2D eigenvalue weighted by Gasteiger charge is 2.46. The molecule has 168 valence electrons. The van der Waals surface area contributed by atoms with Crippen LogP contribution in [0.4, 0.5) is 22.0 Å². The molecule has 30 heavy (non-hydrogen) atoms. The molecule has 1 amide bonds. The number of likely N-dealkylation sites (tertiary alicyclic amines) is 1. The van der Waals surface area contributed by atoms with Crippen molar-refractivity contribution < 1.29 is 36.6 Å². The predicted octanol–water partition coefficient (Wildman–Crippen LogP) is 3.75. The Hall–Kier alpha value is -2.23. The van der Waals surface area contributed by atoms with Gasteiger partial charge in [0.2, 0.25) is 11.8 Å². The number of nitrogens with two attached hydrogens (primary N) is 1. The number of carboxylic acids is 1. The van der Waals surface area contributed by atoms with E-state index < -0.39 is 18.1 Å². The van der Waals surface area contributed by atoms with E-state index in [2.05, 4.69) is 0 Å². The minimum absolute atomic E-state index is 0.0297. The van der Waals surface area contributed by atoms with Crippen LogP contribution in [-0.4, -0.2) is 46.6 Å². The minimum Gasteiger partial charge on any atom is -0.475 e. The van der Waals surface area contributed by atoms with Crippen LogP contribution in [0.25, 0.3) is 0 Å². The van der Waals surface area contributed by atoms with Crippen LogP contribution in [-0.2, 0) is 22.6 Å². The van der Waals surface area contributed by atoms with Crippen molar-refractivity contribution in [2.24, 2.45) is 11.7 Å². The second-order valence-electron chi connectivity index (χ2n) is 7.66. The second kappa shape index (κ2) is 9.72. The fourth-order valence-electron chi connectivity index (χ4n) is 3.93. The molecule has 0 spiro atoms. The summed E-state index contributed by atoms with van der Waals surface area (Å²) < 4.78 is 59.3. The molecular weight excluding hydrogens is 411 g/mol. The number of halogens is 5. The molecule has 0 bridgehead atoms. The lowest BCUT2D eigenvalue weighted by molar-refractivity contribution is -0.192. The molecule has 1 aromatic carbocycles. The first-order chi connectivity index (χ1) is 13.9. The Labute approximate surface area is 171 Å². The first-order valence-electron chi connectivity index (χ1n) is 9.68. The smallest absolute Gasteiger partial charge is 0.475 e. The number of carboxylic acid groups (broad SMARTS) is 1. The molecule has 3 N–H and O–H groups in total. The highest BCUT2D eigenvalue weighted by atomic mass is 19.4. The number of aliphatic carboxylic acids is 1. The molecule has 1 aliphatic heterocycles. The Balaban J connectivity index is 0.000000396. The summed E-state index contributed by atoms with van der Waals surface area (Å²) in [6.45, 7) is 1.08. The molecule has 3 rings (SSSR count). The molecule has 2 unspecified atom stereocenters. The second-order valence-corrected chi connectivity index (χ2v) is 7.66. The molecule has 1 heterocycles. The zero-order valence-corrected chi connectivity index (χ0v) is 16.3. The predicted molar refractivity (Wildman–Crippen MR) is 98.8 cm³/mol. The van der Waals surface area contributed by atoms with Crippen molar-refractivity contribution in [3.8, 4) is 0 Å². The van der Waals surface area contributed by atoms with E-state index in [0.29, 0.717) is 19.5 Å². The van der Waals surface area contributed by atoms with Gasteiger partial charge in [0.25, 0.3) is 0 Å². The van der Waals surface area contributed by atoms with Crippen molar-refractivity contribution in [3.63, 3.8) is 0 Å². The average Bonchev–Trinajstić information content (AvgIpc) is 2.67. The van der Waals surface area contributed by atoms with Crippen LogP contribution in [0.15, 0.2) is 24.3 Å². The average molecular weight is 436 g/mol. The molecule has 0 radical (unpaired) electrons. The van der Waals surface area contributed by atoms with Gasteiger partial charge in [0.1, 0.15) is 0 Å². The SMILES string of the molecule is NCc1ccc(CC(=O)N2CCCC3CCC(F)(F)CC32)cc1.O=C(O)C(F)(F)F. The molecule has 1 aromatic rings. The number of amides is 1. The number of piperidine rings is 1. The Morgan fingerprint density at radius 2 is 1.70 bits per heavy atom. The summed E-state index contributed by atoms with van der Waals surface area (Å²) in [7, 11) is 0. The fourth-order valence-corrected chi connectivity index (χ4v) is 3.93. The number of hydrogen-bond donors (Lipinski definition) is 2. The summed E-state index contributed by atoms with van der Waals surface area (Å²) in [5, 5.41) is 7.12. The maximum Gasteiger partial charge on any atom is 0.490 e. The van der Waals surface area contributed by atoms with E-state index in [-0.39, 0.29) is 37.1 Å². The molecule has 1 saturated heterocycles. The summed E-state index contributed by atoms with van der Waals surface area (Å²) >= 11 is 0. The van der Waals surface area contributed by atoms with Gasteiger partial charge in [-0.2, -0.15) is 13.2 Å². The molecule has 2 fully saturated rings. The first kappa shape index (κ1) is 24.0. The van der Waals surface area contributed by atoms with Gasteiger partial charge in [-0.05, 0) is 36.3 Å². The van der Waals surface area contributed by atoms with Gasteiger partial charge < -0.3 is 15.7 Å². The Kier molecular flexibility index (Phi) is 7.79. The number of rotatable bonds is 3. The van der Waals surface area contributed by atoms with E-state index in [1.165, 1.54) is 0 Å². The van der Waals surface area contributed by atoms with Crippen molar-refractivity contribution >= 4 is 11.9 Å². The van der Waals surface area contributed by atoms with E-state index >= 15 is 0 Å². The van der Waals surface area contributed by atoms with Crippen molar-refractivity contribution in [3.05, 3.63) is 35.4 Å². The molecular formula is C20H25F5N2O3. The summed E-state index contributed by atoms with van der Waals surface area (Å²) in [6, 6.07) is 7.34. The van der Waals surface area contributed by atoms with Crippen LogP contribution in [0.3, 0.4) is 0 Å². The van der Waals surface area contributed by atoms with E-state index in [4.69, 9.17) is 15.6 Å². The molecule has 1 aliphatic carbocycles. The maximum atomic E-state index is 13.8. The normalized spacial score (nSPS) is 23.1. The summed E-state index contributed by atoms with van der Waals surface area (Å²) in [5.74, 6) is -5.17. The van der Waals surface area contributed by atoms with Gasteiger partial charge in [0, 0.05) is 32.0 Å². The molecule has 2 aliphatic rings. The number of fused-ring (bicyclic) bond motifs is 1. The van der Waals surface area contributed by atoms with Gasteiger partial charge in [-0.15, -0.1) is 0 Å².